The number of hydrogen-bond donors (Lipinski definition) is 2. The van der Waals surface area contributed by atoms with Gasteiger partial charge in [-0.3, -0.25) is 5.84 Å². The predicted octanol–water partition coefficient (Wildman–Crippen LogP) is 0.0954. The summed E-state index contributed by atoms with van der Waals surface area (Å²) in [6, 6.07) is 0.489. The third kappa shape index (κ3) is 1.94. The van der Waals surface area contributed by atoms with Gasteiger partial charge in [-0.2, -0.15) is 0 Å². The SMILES string of the molecule is CN(N)C1CCC(O)CC1. The van der Waals surface area contributed by atoms with Crippen molar-refractivity contribution in [1.82, 2.24) is 5.01 Å². The molecular weight excluding hydrogens is 128 g/mol. The monoisotopic (exact) mass is 144 g/mol. The van der Waals surface area contributed by atoms with E-state index >= 15 is 0 Å². The molecule has 10 heavy (non-hydrogen) atoms. The van der Waals surface area contributed by atoms with E-state index in [4.69, 9.17) is 10.9 Å². The van der Waals surface area contributed by atoms with Crippen LogP contribution < -0.4 is 5.84 Å². The molecule has 0 atom stereocenters. The van der Waals surface area contributed by atoms with Crippen molar-refractivity contribution in [3.8, 4) is 0 Å². The zero-order valence-electron chi connectivity index (χ0n) is 6.45. The Morgan fingerprint density at radius 1 is 1.30 bits per heavy atom. The second-order valence-electron chi connectivity index (χ2n) is 3.13. The minimum absolute atomic E-state index is 0.0730. The Hall–Kier alpha value is -0.120. The van der Waals surface area contributed by atoms with Crippen molar-refractivity contribution in [2.45, 2.75) is 37.8 Å². The van der Waals surface area contributed by atoms with Crippen molar-refractivity contribution >= 4 is 0 Å². The molecule has 1 aliphatic carbocycles. The van der Waals surface area contributed by atoms with E-state index in [0.717, 1.165) is 25.7 Å². The van der Waals surface area contributed by atoms with Crippen molar-refractivity contribution < 1.29 is 5.11 Å². The minimum Gasteiger partial charge on any atom is -0.393 e. The zero-order valence-corrected chi connectivity index (χ0v) is 6.45. The van der Waals surface area contributed by atoms with Gasteiger partial charge in [0.15, 0.2) is 0 Å². The number of nitrogens with zero attached hydrogens (tertiary/aromatic N) is 1. The average Bonchev–Trinajstić information content (AvgIpc) is 1.88. The molecule has 1 saturated carbocycles. The summed E-state index contributed by atoms with van der Waals surface area (Å²) in [7, 11) is 1.89. The van der Waals surface area contributed by atoms with E-state index in [0.29, 0.717) is 6.04 Å². The van der Waals surface area contributed by atoms with E-state index in [-0.39, 0.29) is 6.10 Å². The van der Waals surface area contributed by atoms with E-state index in [1.807, 2.05) is 7.05 Å². The molecule has 0 spiro atoms. The van der Waals surface area contributed by atoms with E-state index in [1.54, 1.807) is 5.01 Å². The molecule has 0 aromatic rings. The van der Waals surface area contributed by atoms with Gasteiger partial charge in [-0.15, -0.1) is 0 Å². The molecule has 3 nitrogen and oxygen atoms in total. The van der Waals surface area contributed by atoms with E-state index in [2.05, 4.69) is 0 Å². The highest BCUT2D eigenvalue weighted by Crippen LogP contribution is 2.20. The van der Waals surface area contributed by atoms with Gasteiger partial charge in [-0.25, -0.2) is 5.01 Å². The molecule has 0 aromatic carbocycles. The summed E-state index contributed by atoms with van der Waals surface area (Å²) in [6.07, 6.45) is 3.82. The second kappa shape index (κ2) is 3.32. The molecule has 0 heterocycles. The summed E-state index contributed by atoms with van der Waals surface area (Å²) < 4.78 is 0. The van der Waals surface area contributed by atoms with Crippen LogP contribution in [0, 0.1) is 0 Å². The lowest BCUT2D eigenvalue weighted by Crippen LogP contribution is -2.40. The van der Waals surface area contributed by atoms with Gasteiger partial charge in [-0.05, 0) is 25.7 Å². The van der Waals surface area contributed by atoms with Gasteiger partial charge in [0, 0.05) is 13.1 Å². The maximum atomic E-state index is 9.15. The Bertz CT molecular complexity index is 97.8. The highest BCUT2D eigenvalue weighted by Gasteiger charge is 2.20. The van der Waals surface area contributed by atoms with Crippen LogP contribution in [0.1, 0.15) is 25.7 Å². The van der Waals surface area contributed by atoms with Crippen LogP contribution in [-0.2, 0) is 0 Å². The summed E-state index contributed by atoms with van der Waals surface area (Å²) in [4.78, 5) is 0. The zero-order chi connectivity index (χ0) is 7.56. The van der Waals surface area contributed by atoms with Crippen molar-refractivity contribution in [2.75, 3.05) is 7.05 Å². The lowest BCUT2D eigenvalue weighted by atomic mass is 9.93. The Kier molecular flexibility index (Phi) is 2.65. The number of nitrogens with two attached hydrogens (primary N) is 1. The number of hydrogen-bond acceptors (Lipinski definition) is 3. The summed E-state index contributed by atoms with van der Waals surface area (Å²) in [5, 5.41) is 10.9. The van der Waals surface area contributed by atoms with Gasteiger partial charge >= 0.3 is 0 Å². The van der Waals surface area contributed by atoms with Crippen LogP contribution in [0.3, 0.4) is 0 Å². The van der Waals surface area contributed by atoms with Gasteiger partial charge in [0.05, 0.1) is 6.10 Å². The molecule has 0 radical (unpaired) electrons. The first kappa shape index (κ1) is 7.98. The summed E-state index contributed by atoms with van der Waals surface area (Å²) >= 11 is 0. The predicted molar refractivity (Wildman–Crippen MR) is 40.2 cm³/mol. The van der Waals surface area contributed by atoms with E-state index < -0.39 is 0 Å². The molecule has 0 unspecified atom stereocenters. The second-order valence-corrected chi connectivity index (χ2v) is 3.13. The van der Waals surface area contributed by atoms with Gasteiger partial charge in [0.25, 0.3) is 0 Å². The van der Waals surface area contributed by atoms with Crippen LogP contribution in [0.5, 0.6) is 0 Å². The fourth-order valence-electron chi connectivity index (χ4n) is 1.47. The molecule has 0 saturated heterocycles. The lowest BCUT2D eigenvalue weighted by molar-refractivity contribution is 0.0845. The van der Waals surface area contributed by atoms with Crippen molar-refractivity contribution in [1.29, 1.82) is 0 Å². The molecule has 1 aliphatic rings. The quantitative estimate of drug-likeness (QED) is 0.405. The lowest BCUT2D eigenvalue weighted by Gasteiger charge is -2.29. The molecule has 0 aliphatic heterocycles. The Morgan fingerprint density at radius 3 is 2.20 bits per heavy atom. The molecular formula is C7H16N2O. The van der Waals surface area contributed by atoms with Gasteiger partial charge in [-0.1, -0.05) is 0 Å². The summed E-state index contributed by atoms with van der Waals surface area (Å²) in [5.41, 5.74) is 0. The molecule has 0 aromatic heterocycles. The maximum Gasteiger partial charge on any atom is 0.0541 e. The topological polar surface area (TPSA) is 49.5 Å². The fourth-order valence-corrected chi connectivity index (χ4v) is 1.47. The maximum absolute atomic E-state index is 9.15. The van der Waals surface area contributed by atoms with Crippen molar-refractivity contribution in [2.24, 2.45) is 5.84 Å². The number of aliphatic hydroxyl groups is 1. The third-order valence-corrected chi connectivity index (χ3v) is 2.24. The number of aliphatic hydroxyl groups excluding tert-OH is 1. The molecule has 0 amide bonds. The molecule has 0 bridgehead atoms. The minimum atomic E-state index is -0.0730. The smallest absolute Gasteiger partial charge is 0.0541 e. The fraction of sp³-hybridized carbons (Fsp3) is 1.00. The molecule has 3 heteroatoms. The first-order chi connectivity index (χ1) is 4.70. The summed E-state index contributed by atoms with van der Waals surface area (Å²) in [6.45, 7) is 0. The van der Waals surface area contributed by atoms with E-state index in [1.165, 1.54) is 0 Å². The van der Waals surface area contributed by atoms with Crippen LogP contribution in [0.2, 0.25) is 0 Å². The normalized spacial score (nSPS) is 34.8. The Balaban J connectivity index is 2.26. The van der Waals surface area contributed by atoms with Crippen LogP contribution in [-0.4, -0.2) is 29.3 Å². The van der Waals surface area contributed by atoms with Crippen LogP contribution in [0.15, 0.2) is 0 Å². The Morgan fingerprint density at radius 2 is 1.80 bits per heavy atom. The van der Waals surface area contributed by atoms with Crippen LogP contribution >= 0.6 is 0 Å². The van der Waals surface area contributed by atoms with Gasteiger partial charge in [0.1, 0.15) is 0 Å². The van der Waals surface area contributed by atoms with Gasteiger partial charge < -0.3 is 5.11 Å². The molecule has 1 rings (SSSR count). The van der Waals surface area contributed by atoms with Crippen LogP contribution in [0.4, 0.5) is 0 Å². The third-order valence-electron chi connectivity index (χ3n) is 2.24. The standard InChI is InChI=1S/C7H16N2O/c1-9(8)6-2-4-7(10)5-3-6/h6-7,10H,2-5,8H2,1H3. The average molecular weight is 144 g/mol. The largest absolute Gasteiger partial charge is 0.393 e. The number of rotatable bonds is 1. The van der Waals surface area contributed by atoms with Crippen molar-refractivity contribution in [3.63, 3.8) is 0 Å². The Labute approximate surface area is 61.8 Å². The molecule has 3 N–H and O–H groups in total. The highest BCUT2D eigenvalue weighted by molar-refractivity contribution is 4.75. The summed E-state index contributed by atoms with van der Waals surface area (Å²) in [5.74, 6) is 5.56. The van der Waals surface area contributed by atoms with E-state index in [9.17, 15) is 0 Å². The molecule has 1 fully saturated rings. The first-order valence-corrected chi connectivity index (χ1v) is 3.85. The van der Waals surface area contributed by atoms with Crippen molar-refractivity contribution in [3.05, 3.63) is 0 Å². The highest BCUT2D eigenvalue weighted by atomic mass is 16.3. The number of hydrazine groups is 1. The first-order valence-electron chi connectivity index (χ1n) is 3.85. The van der Waals surface area contributed by atoms with Gasteiger partial charge in [0.2, 0.25) is 0 Å². The molecule has 60 valence electrons. The van der Waals surface area contributed by atoms with Crippen LogP contribution in [0.25, 0.3) is 0 Å².